The highest BCUT2D eigenvalue weighted by Crippen LogP contribution is 2.22. The van der Waals surface area contributed by atoms with Crippen molar-refractivity contribution in [2.24, 2.45) is 5.41 Å². The fourth-order valence-electron chi connectivity index (χ4n) is 3.49. The molecule has 4 heteroatoms. The number of aliphatic hydroxyl groups excluding tert-OH is 1. The predicted molar refractivity (Wildman–Crippen MR) is 98.2 cm³/mol. The van der Waals surface area contributed by atoms with Gasteiger partial charge >= 0.3 is 0 Å². The van der Waals surface area contributed by atoms with E-state index in [9.17, 15) is 9.90 Å². The molecule has 0 saturated carbocycles. The van der Waals surface area contributed by atoms with Crippen molar-refractivity contribution in [3.63, 3.8) is 0 Å². The summed E-state index contributed by atoms with van der Waals surface area (Å²) in [5.41, 5.74) is 2.24. The number of nitrogens with zero attached hydrogens (tertiary/aromatic N) is 2. The third kappa shape index (κ3) is 5.69. The Morgan fingerprint density at radius 2 is 2.04 bits per heavy atom. The normalized spacial score (nSPS) is 20.3. The smallest absolute Gasteiger partial charge is 0.159 e. The summed E-state index contributed by atoms with van der Waals surface area (Å²) in [5, 5.41) is 9.43. The molecule has 1 fully saturated rings. The summed E-state index contributed by atoms with van der Waals surface area (Å²) < 4.78 is 0. The average Bonchev–Trinajstić information content (AvgIpc) is 2.49. The Hall–Kier alpha value is -1.23. The summed E-state index contributed by atoms with van der Waals surface area (Å²) in [7, 11) is 0. The second-order valence-corrected chi connectivity index (χ2v) is 8.19. The van der Waals surface area contributed by atoms with Gasteiger partial charge in [-0.15, -0.1) is 0 Å². The zero-order chi connectivity index (χ0) is 17.7. The van der Waals surface area contributed by atoms with Gasteiger partial charge in [0.15, 0.2) is 5.78 Å². The molecule has 2 rings (SSSR count). The van der Waals surface area contributed by atoms with Crippen LogP contribution >= 0.6 is 0 Å². The molecule has 1 heterocycles. The number of piperazine rings is 1. The van der Waals surface area contributed by atoms with E-state index in [0.29, 0.717) is 6.04 Å². The Balaban J connectivity index is 2.01. The van der Waals surface area contributed by atoms with E-state index < -0.39 is 0 Å². The van der Waals surface area contributed by atoms with Crippen LogP contribution in [0, 0.1) is 5.41 Å². The molecule has 0 aromatic heterocycles. The summed E-state index contributed by atoms with van der Waals surface area (Å²) in [5.74, 6) is 0.116. The molecule has 1 aliphatic rings. The lowest BCUT2D eigenvalue weighted by Crippen LogP contribution is -2.54. The topological polar surface area (TPSA) is 43.8 Å². The third-order valence-corrected chi connectivity index (χ3v) is 4.57. The van der Waals surface area contributed by atoms with Crippen molar-refractivity contribution in [2.75, 3.05) is 32.8 Å². The molecule has 0 bridgehead atoms. The number of hydrogen-bond donors (Lipinski definition) is 1. The molecule has 1 aromatic carbocycles. The van der Waals surface area contributed by atoms with Crippen LogP contribution in [-0.4, -0.2) is 59.5 Å². The number of rotatable bonds is 6. The molecule has 1 aliphatic heterocycles. The molecule has 0 aliphatic carbocycles. The quantitative estimate of drug-likeness (QED) is 0.814. The van der Waals surface area contributed by atoms with E-state index in [2.05, 4.69) is 36.6 Å². The lowest BCUT2D eigenvalue weighted by Gasteiger charge is -2.44. The first-order valence-electron chi connectivity index (χ1n) is 8.95. The molecule has 1 N–H and O–H groups in total. The zero-order valence-electron chi connectivity index (χ0n) is 15.6. The van der Waals surface area contributed by atoms with Crippen molar-refractivity contribution in [2.45, 2.75) is 46.7 Å². The maximum absolute atomic E-state index is 11.6. The molecule has 1 atom stereocenters. The molecule has 0 radical (unpaired) electrons. The summed E-state index contributed by atoms with van der Waals surface area (Å²) >= 11 is 0. The molecule has 1 saturated heterocycles. The van der Waals surface area contributed by atoms with Gasteiger partial charge in [0.2, 0.25) is 0 Å². The Morgan fingerprint density at radius 3 is 2.67 bits per heavy atom. The first-order valence-corrected chi connectivity index (χ1v) is 8.95. The number of Topliss-reactive ketones (excluding diaryl/α,β-unsaturated/α-hetero) is 1. The predicted octanol–water partition coefficient (Wildman–Crippen LogP) is 2.80. The molecule has 1 aromatic rings. The molecule has 4 nitrogen and oxygen atoms in total. The van der Waals surface area contributed by atoms with Gasteiger partial charge in [0.05, 0.1) is 0 Å². The average molecular weight is 332 g/mol. The first kappa shape index (κ1) is 19.1. The lowest BCUT2D eigenvalue weighted by molar-refractivity contribution is 0.0340. The Bertz CT molecular complexity index is 551. The van der Waals surface area contributed by atoms with E-state index in [-0.39, 0.29) is 17.8 Å². The minimum atomic E-state index is 0.116. The Labute approximate surface area is 146 Å². The largest absolute Gasteiger partial charge is 0.396 e. The van der Waals surface area contributed by atoms with Crippen molar-refractivity contribution < 1.29 is 9.90 Å². The van der Waals surface area contributed by atoms with E-state index >= 15 is 0 Å². The van der Waals surface area contributed by atoms with E-state index in [0.717, 1.165) is 44.7 Å². The standard InChI is InChI=1S/C20H32N2O2/c1-16(24)18-7-5-6-17(12-18)13-21-9-10-22(15-20(2,3)4)19(14-21)8-11-23/h5-7,12,19,23H,8-11,13-15H2,1-4H3. The van der Waals surface area contributed by atoms with Gasteiger partial charge in [-0.3, -0.25) is 14.6 Å². The fourth-order valence-corrected chi connectivity index (χ4v) is 3.49. The van der Waals surface area contributed by atoms with Crippen molar-refractivity contribution in [3.8, 4) is 0 Å². The van der Waals surface area contributed by atoms with Crippen molar-refractivity contribution >= 4 is 5.78 Å². The Morgan fingerprint density at radius 1 is 1.29 bits per heavy atom. The third-order valence-electron chi connectivity index (χ3n) is 4.57. The molecular weight excluding hydrogens is 300 g/mol. The number of ketones is 1. The molecule has 24 heavy (non-hydrogen) atoms. The first-order chi connectivity index (χ1) is 11.3. The molecule has 0 spiro atoms. The van der Waals surface area contributed by atoms with Crippen molar-refractivity contribution in [1.29, 1.82) is 0 Å². The highest BCUT2D eigenvalue weighted by atomic mass is 16.3. The van der Waals surface area contributed by atoms with Crippen LogP contribution in [0.15, 0.2) is 24.3 Å². The van der Waals surface area contributed by atoms with Crippen LogP contribution in [0.2, 0.25) is 0 Å². The zero-order valence-corrected chi connectivity index (χ0v) is 15.6. The molecular formula is C20H32N2O2. The van der Waals surface area contributed by atoms with Gasteiger partial charge in [0, 0.05) is 50.9 Å². The molecule has 0 amide bonds. The maximum atomic E-state index is 11.6. The fraction of sp³-hybridized carbons (Fsp3) is 0.650. The van der Waals surface area contributed by atoms with Crippen LogP contribution in [0.1, 0.15) is 50.0 Å². The summed E-state index contributed by atoms with van der Waals surface area (Å²) in [6.07, 6.45) is 0.820. The van der Waals surface area contributed by atoms with Gasteiger partial charge in [-0.05, 0) is 30.4 Å². The molecule has 134 valence electrons. The van der Waals surface area contributed by atoms with Crippen LogP contribution in [-0.2, 0) is 6.54 Å². The number of aliphatic hydroxyl groups is 1. The highest BCUT2D eigenvalue weighted by Gasteiger charge is 2.29. The summed E-state index contributed by atoms with van der Waals surface area (Å²) in [6.45, 7) is 13.6. The number of carbonyl (C=O) groups excluding carboxylic acids is 1. The minimum Gasteiger partial charge on any atom is -0.396 e. The van der Waals surface area contributed by atoms with Gasteiger partial charge in [-0.2, -0.15) is 0 Å². The maximum Gasteiger partial charge on any atom is 0.159 e. The SMILES string of the molecule is CC(=O)c1cccc(CN2CCN(CC(C)(C)C)C(CCO)C2)c1. The van der Waals surface area contributed by atoms with Gasteiger partial charge < -0.3 is 5.11 Å². The summed E-state index contributed by atoms with van der Waals surface area (Å²) in [6, 6.07) is 8.34. The van der Waals surface area contributed by atoms with Crippen molar-refractivity contribution in [3.05, 3.63) is 35.4 Å². The summed E-state index contributed by atoms with van der Waals surface area (Å²) in [4.78, 5) is 16.5. The monoisotopic (exact) mass is 332 g/mol. The van der Waals surface area contributed by atoms with E-state index in [1.54, 1.807) is 6.92 Å². The van der Waals surface area contributed by atoms with Crippen LogP contribution < -0.4 is 0 Å². The second-order valence-electron chi connectivity index (χ2n) is 8.19. The number of hydrogen-bond acceptors (Lipinski definition) is 4. The van der Waals surface area contributed by atoms with Gasteiger partial charge in [0.1, 0.15) is 0 Å². The van der Waals surface area contributed by atoms with Crippen LogP contribution in [0.4, 0.5) is 0 Å². The van der Waals surface area contributed by atoms with E-state index in [4.69, 9.17) is 0 Å². The highest BCUT2D eigenvalue weighted by molar-refractivity contribution is 5.94. The Kier molecular flexibility index (Phi) is 6.55. The van der Waals surface area contributed by atoms with Gasteiger partial charge in [-0.1, -0.05) is 39.0 Å². The lowest BCUT2D eigenvalue weighted by atomic mass is 9.94. The number of benzene rings is 1. The van der Waals surface area contributed by atoms with E-state index in [1.807, 2.05) is 18.2 Å². The minimum absolute atomic E-state index is 0.116. The van der Waals surface area contributed by atoms with Crippen LogP contribution in [0.25, 0.3) is 0 Å². The van der Waals surface area contributed by atoms with Gasteiger partial charge in [-0.25, -0.2) is 0 Å². The van der Waals surface area contributed by atoms with E-state index in [1.165, 1.54) is 5.56 Å². The van der Waals surface area contributed by atoms with Crippen LogP contribution in [0.3, 0.4) is 0 Å². The second kappa shape index (κ2) is 8.24. The number of carbonyl (C=O) groups is 1. The van der Waals surface area contributed by atoms with Crippen LogP contribution in [0.5, 0.6) is 0 Å². The molecule has 1 unspecified atom stereocenters. The van der Waals surface area contributed by atoms with Gasteiger partial charge in [0.25, 0.3) is 0 Å². The van der Waals surface area contributed by atoms with Crippen molar-refractivity contribution in [1.82, 2.24) is 9.80 Å².